The van der Waals surface area contributed by atoms with Crippen molar-refractivity contribution in [3.05, 3.63) is 53.1 Å². The Hall–Kier alpha value is -3.02. The van der Waals surface area contributed by atoms with Gasteiger partial charge in [-0.2, -0.15) is 5.10 Å². The molecule has 0 saturated heterocycles. The van der Waals surface area contributed by atoms with Gasteiger partial charge in [0, 0.05) is 11.1 Å². The van der Waals surface area contributed by atoms with Gasteiger partial charge in [0.2, 0.25) is 0 Å². The molecule has 0 aliphatic carbocycles. The molecule has 120 valence electrons. The smallest absolute Gasteiger partial charge is 0.161 e. The zero-order valence-corrected chi connectivity index (χ0v) is 13.0. The van der Waals surface area contributed by atoms with E-state index in [2.05, 4.69) is 5.10 Å². The topological polar surface area (TPSA) is 83.1 Å². The number of hydrogen-bond donors (Lipinski definition) is 1. The molecule has 2 aromatic rings. The molecule has 2 rings (SSSR count). The minimum Gasteiger partial charge on any atom is -0.496 e. The number of hydrazone groups is 1. The van der Waals surface area contributed by atoms with Gasteiger partial charge in [0.05, 0.1) is 20.4 Å². The highest BCUT2D eigenvalue weighted by Gasteiger charge is 2.09. The van der Waals surface area contributed by atoms with Gasteiger partial charge in [-0.3, -0.25) is 4.79 Å². The summed E-state index contributed by atoms with van der Waals surface area (Å²) in [7, 11) is 3.13. The Morgan fingerprint density at radius 3 is 2.35 bits per heavy atom. The van der Waals surface area contributed by atoms with Gasteiger partial charge in [0.25, 0.3) is 0 Å². The molecule has 0 fully saturated rings. The average molecular weight is 314 g/mol. The third kappa shape index (κ3) is 4.00. The highest BCUT2D eigenvalue weighted by molar-refractivity contribution is 5.80. The Balaban J connectivity index is 2.22. The standard InChI is InChI=1S/C17H18N2O4/c1-21-15-5-4-13(10-20)7-14(15)11-23-16-6-3-12(9-19-18)8-17(16)22-2/h3-10H,11,18H2,1-2H3. The molecule has 0 atom stereocenters. The first kappa shape index (κ1) is 16.4. The van der Waals surface area contributed by atoms with Crippen molar-refractivity contribution < 1.29 is 19.0 Å². The predicted octanol–water partition coefficient (Wildman–Crippen LogP) is 2.39. The predicted molar refractivity (Wildman–Crippen MR) is 87.5 cm³/mol. The molecule has 0 unspecified atom stereocenters. The van der Waals surface area contributed by atoms with Crippen LogP contribution in [-0.2, 0) is 6.61 Å². The Labute approximate surface area is 134 Å². The largest absolute Gasteiger partial charge is 0.496 e. The summed E-state index contributed by atoms with van der Waals surface area (Å²) < 4.78 is 16.4. The molecule has 0 bridgehead atoms. The minimum absolute atomic E-state index is 0.242. The number of methoxy groups -OCH3 is 2. The molecular weight excluding hydrogens is 296 g/mol. The fourth-order valence-electron chi connectivity index (χ4n) is 2.11. The van der Waals surface area contributed by atoms with Crippen LogP contribution in [0.2, 0.25) is 0 Å². The van der Waals surface area contributed by atoms with Crippen LogP contribution in [0.5, 0.6) is 17.2 Å². The Morgan fingerprint density at radius 2 is 1.70 bits per heavy atom. The Bertz CT molecular complexity index is 714. The van der Waals surface area contributed by atoms with Gasteiger partial charge in [-0.15, -0.1) is 0 Å². The van der Waals surface area contributed by atoms with Crippen molar-refractivity contribution in [1.29, 1.82) is 0 Å². The molecule has 0 amide bonds. The molecule has 6 nitrogen and oxygen atoms in total. The van der Waals surface area contributed by atoms with E-state index in [9.17, 15) is 4.79 Å². The molecule has 0 spiro atoms. The zero-order chi connectivity index (χ0) is 16.7. The van der Waals surface area contributed by atoms with Crippen LogP contribution in [0, 0.1) is 0 Å². The Kier molecular flexibility index (Phi) is 5.57. The fourth-order valence-corrected chi connectivity index (χ4v) is 2.11. The van der Waals surface area contributed by atoms with E-state index in [1.165, 1.54) is 6.21 Å². The minimum atomic E-state index is 0.242. The van der Waals surface area contributed by atoms with Crippen molar-refractivity contribution in [3.8, 4) is 17.2 Å². The first-order valence-electron chi connectivity index (χ1n) is 6.88. The van der Waals surface area contributed by atoms with Crippen molar-refractivity contribution in [3.63, 3.8) is 0 Å². The maximum absolute atomic E-state index is 10.9. The van der Waals surface area contributed by atoms with Gasteiger partial charge in [-0.25, -0.2) is 0 Å². The molecular formula is C17H18N2O4. The zero-order valence-electron chi connectivity index (χ0n) is 13.0. The number of carbonyl (C=O) groups is 1. The normalized spacial score (nSPS) is 10.5. The summed E-state index contributed by atoms with van der Waals surface area (Å²) in [5, 5.41) is 3.48. The summed E-state index contributed by atoms with van der Waals surface area (Å²) in [6.45, 7) is 0.242. The van der Waals surface area contributed by atoms with Crippen LogP contribution < -0.4 is 20.1 Å². The number of ether oxygens (including phenoxy) is 3. The van der Waals surface area contributed by atoms with E-state index < -0.39 is 0 Å². The fraction of sp³-hybridized carbons (Fsp3) is 0.176. The monoisotopic (exact) mass is 314 g/mol. The molecule has 0 aliphatic heterocycles. The summed E-state index contributed by atoms with van der Waals surface area (Å²) in [5.74, 6) is 6.93. The summed E-state index contributed by atoms with van der Waals surface area (Å²) in [6.07, 6.45) is 2.30. The summed E-state index contributed by atoms with van der Waals surface area (Å²) in [6, 6.07) is 10.5. The van der Waals surface area contributed by atoms with E-state index in [0.29, 0.717) is 22.8 Å². The molecule has 0 aromatic heterocycles. The first-order chi connectivity index (χ1) is 11.2. The second-order valence-corrected chi connectivity index (χ2v) is 4.67. The van der Waals surface area contributed by atoms with Gasteiger partial charge in [-0.1, -0.05) is 0 Å². The molecule has 2 N–H and O–H groups in total. The third-order valence-electron chi connectivity index (χ3n) is 3.24. The molecule has 0 saturated carbocycles. The van der Waals surface area contributed by atoms with Crippen LogP contribution in [-0.4, -0.2) is 26.7 Å². The molecule has 0 aliphatic rings. The first-order valence-corrected chi connectivity index (χ1v) is 6.88. The van der Waals surface area contributed by atoms with Crippen molar-refractivity contribution in [2.45, 2.75) is 6.61 Å². The average Bonchev–Trinajstić information content (AvgIpc) is 2.60. The number of nitrogens with zero attached hydrogens (tertiary/aromatic N) is 1. The Morgan fingerprint density at radius 1 is 1.00 bits per heavy atom. The van der Waals surface area contributed by atoms with Gasteiger partial charge in [-0.05, 0) is 42.0 Å². The lowest BCUT2D eigenvalue weighted by Gasteiger charge is -2.13. The number of nitrogens with two attached hydrogens (primary N) is 1. The lowest BCUT2D eigenvalue weighted by molar-refractivity contribution is 0.112. The summed E-state index contributed by atoms with van der Waals surface area (Å²) >= 11 is 0. The molecule has 0 radical (unpaired) electrons. The molecule has 6 heteroatoms. The van der Waals surface area contributed by atoms with E-state index in [0.717, 1.165) is 17.4 Å². The van der Waals surface area contributed by atoms with E-state index >= 15 is 0 Å². The lowest BCUT2D eigenvalue weighted by Crippen LogP contribution is -2.01. The number of benzene rings is 2. The number of aldehydes is 1. The van der Waals surface area contributed by atoms with Crippen LogP contribution in [0.3, 0.4) is 0 Å². The van der Waals surface area contributed by atoms with Crippen LogP contribution in [0.25, 0.3) is 0 Å². The highest BCUT2D eigenvalue weighted by atomic mass is 16.5. The van der Waals surface area contributed by atoms with Gasteiger partial charge >= 0.3 is 0 Å². The van der Waals surface area contributed by atoms with Crippen molar-refractivity contribution in [1.82, 2.24) is 0 Å². The third-order valence-corrected chi connectivity index (χ3v) is 3.24. The second kappa shape index (κ2) is 7.84. The highest BCUT2D eigenvalue weighted by Crippen LogP contribution is 2.29. The van der Waals surface area contributed by atoms with Crippen LogP contribution in [0.15, 0.2) is 41.5 Å². The van der Waals surface area contributed by atoms with Gasteiger partial charge in [0.15, 0.2) is 11.5 Å². The van der Waals surface area contributed by atoms with E-state index in [1.54, 1.807) is 44.6 Å². The van der Waals surface area contributed by atoms with Crippen molar-refractivity contribution in [2.24, 2.45) is 10.9 Å². The summed E-state index contributed by atoms with van der Waals surface area (Å²) in [4.78, 5) is 10.9. The van der Waals surface area contributed by atoms with Crippen LogP contribution in [0.1, 0.15) is 21.5 Å². The van der Waals surface area contributed by atoms with Gasteiger partial charge < -0.3 is 20.1 Å². The van der Waals surface area contributed by atoms with Gasteiger partial charge in [0.1, 0.15) is 18.6 Å². The van der Waals surface area contributed by atoms with E-state index in [1.807, 2.05) is 6.07 Å². The molecule has 0 heterocycles. The second-order valence-electron chi connectivity index (χ2n) is 4.67. The lowest BCUT2D eigenvalue weighted by atomic mass is 10.1. The maximum atomic E-state index is 10.9. The van der Waals surface area contributed by atoms with E-state index in [4.69, 9.17) is 20.1 Å². The number of carbonyl (C=O) groups excluding carboxylic acids is 1. The number of rotatable bonds is 7. The SMILES string of the molecule is COc1ccc(C=O)cc1COc1ccc(C=NN)cc1OC. The maximum Gasteiger partial charge on any atom is 0.161 e. The quantitative estimate of drug-likeness (QED) is 0.367. The van der Waals surface area contributed by atoms with Crippen LogP contribution in [0.4, 0.5) is 0 Å². The van der Waals surface area contributed by atoms with Crippen molar-refractivity contribution >= 4 is 12.5 Å². The van der Waals surface area contributed by atoms with Crippen LogP contribution >= 0.6 is 0 Å². The van der Waals surface area contributed by atoms with E-state index in [-0.39, 0.29) is 6.61 Å². The van der Waals surface area contributed by atoms with Crippen molar-refractivity contribution in [2.75, 3.05) is 14.2 Å². The number of hydrogen-bond acceptors (Lipinski definition) is 6. The molecule has 2 aromatic carbocycles. The summed E-state index contributed by atoms with van der Waals surface area (Å²) in [5.41, 5.74) is 2.13. The molecule has 23 heavy (non-hydrogen) atoms.